The topological polar surface area (TPSA) is 199 Å². The molecule has 0 heterocycles. The molecule has 0 unspecified atom stereocenters. The summed E-state index contributed by atoms with van der Waals surface area (Å²) in [5.74, 6) is -0.768. The van der Waals surface area contributed by atoms with Crippen LogP contribution in [0.4, 0.5) is 5.69 Å². The van der Waals surface area contributed by atoms with Crippen molar-refractivity contribution in [3.05, 3.63) is 89.5 Å². The summed E-state index contributed by atoms with van der Waals surface area (Å²) in [6, 6.07) is 21.4. The molecule has 0 radical (unpaired) electrons. The monoisotopic (exact) mass is 499 g/mol. The number of carbonyl (C=O) groups excluding carboxylic acids is 2. The van der Waals surface area contributed by atoms with E-state index >= 15 is 0 Å². The number of rotatable bonds is 9. The van der Waals surface area contributed by atoms with Gasteiger partial charge in [-0.15, -0.1) is 5.10 Å². The highest BCUT2D eigenvalue weighted by Gasteiger charge is 2.11. The highest BCUT2D eigenvalue weighted by atomic mass is 16.2. The maximum atomic E-state index is 12.7. The Kier molecular flexibility index (Phi) is 8.92. The predicted octanol–water partition coefficient (Wildman–Crippen LogP) is 1.42. The van der Waals surface area contributed by atoms with Crippen LogP contribution >= 0.6 is 0 Å². The Morgan fingerprint density at radius 3 is 1.95 bits per heavy atom. The van der Waals surface area contributed by atoms with Crippen molar-refractivity contribution in [1.82, 2.24) is 10.6 Å². The average molecular weight is 500 g/mol. The molecule has 3 aromatic rings. The first-order chi connectivity index (χ1) is 17.7. The fourth-order valence-corrected chi connectivity index (χ4v) is 3.41. The van der Waals surface area contributed by atoms with Crippen LogP contribution in [0.5, 0.6) is 0 Å². The predicted molar refractivity (Wildman–Crippen MR) is 146 cm³/mol. The summed E-state index contributed by atoms with van der Waals surface area (Å²) in [5, 5.41) is 13.1. The molecule has 11 heteroatoms. The van der Waals surface area contributed by atoms with Crippen LogP contribution in [0.25, 0.3) is 11.1 Å². The van der Waals surface area contributed by atoms with Crippen LogP contribution in [0.2, 0.25) is 0 Å². The zero-order valence-corrected chi connectivity index (χ0v) is 20.3. The van der Waals surface area contributed by atoms with Crippen LogP contribution < -0.4 is 33.6 Å². The summed E-state index contributed by atoms with van der Waals surface area (Å²) in [4.78, 5) is 29.4. The zero-order chi connectivity index (χ0) is 26.8. The number of nitrogens with two attached hydrogens (primary N) is 4. The summed E-state index contributed by atoms with van der Waals surface area (Å²) >= 11 is 0. The molecule has 0 saturated carbocycles. The molecule has 190 valence electrons. The number of guanidine groups is 2. The molecule has 0 bridgehead atoms. The van der Waals surface area contributed by atoms with E-state index in [9.17, 15) is 9.59 Å². The average Bonchev–Trinajstić information content (AvgIpc) is 2.89. The van der Waals surface area contributed by atoms with E-state index in [1.54, 1.807) is 55.5 Å². The summed E-state index contributed by atoms with van der Waals surface area (Å²) in [6.07, 6.45) is 0. The molecule has 10 N–H and O–H groups in total. The second-order valence-electron chi connectivity index (χ2n) is 7.94. The highest BCUT2D eigenvalue weighted by molar-refractivity contribution is 6.02. The SMILES string of the molecule is CC(=NN=C(N)N)c1cccc(C(=O)NCCNC(=O)c2cccc(-c3ccccc3N=C(N)N)c2)c1. The molecule has 0 atom stereocenters. The van der Waals surface area contributed by atoms with Crippen LogP contribution in [0.15, 0.2) is 88.0 Å². The molecule has 0 aliphatic rings. The standard InChI is InChI=1S/C26H29N9O2/c1-16(34-35-26(29)30)17-6-4-8-19(14-17)23(36)31-12-13-32-24(37)20-9-5-7-18(15-20)21-10-2-3-11-22(21)33-25(27)28/h2-11,14-15H,12-13H2,1H3,(H,31,36)(H,32,37)(H4,27,28,33)(H4,29,30,35). The summed E-state index contributed by atoms with van der Waals surface area (Å²) in [6.45, 7) is 2.21. The molecule has 0 fully saturated rings. The Morgan fingerprint density at radius 1 is 0.703 bits per heavy atom. The first kappa shape index (κ1) is 26.4. The van der Waals surface area contributed by atoms with Gasteiger partial charge in [-0.05, 0) is 48.4 Å². The molecular weight excluding hydrogens is 470 g/mol. The van der Waals surface area contributed by atoms with Crippen LogP contribution in [0.1, 0.15) is 33.2 Å². The van der Waals surface area contributed by atoms with Crippen LogP contribution in [0.3, 0.4) is 0 Å². The minimum atomic E-state index is -0.288. The quantitative estimate of drug-likeness (QED) is 0.111. The molecule has 11 nitrogen and oxygen atoms in total. The van der Waals surface area contributed by atoms with Crippen molar-refractivity contribution >= 4 is 35.1 Å². The van der Waals surface area contributed by atoms with Crippen molar-refractivity contribution in [3.8, 4) is 11.1 Å². The Labute approximate surface area is 214 Å². The van der Waals surface area contributed by atoms with E-state index in [4.69, 9.17) is 22.9 Å². The Hall–Kier alpha value is -5.19. The molecule has 0 aliphatic heterocycles. The second kappa shape index (κ2) is 12.5. The fraction of sp³-hybridized carbons (Fsp3) is 0.115. The smallest absolute Gasteiger partial charge is 0.251 e. The molecular formula is C26H29N9O2. The molecule has 3 rings (SSSR count). The van der Waals surface area contributed by atoms with E-state index in [0.717, 1.165) is 11.1 Å². The number of benzene rings is 3. The van der Waals surface area contributed by atoms with E-state index in [1.165, 1.54) is 0 Å². The Balaban J connectivity index is 1.59. The molecule has 0 saturated heterocycles. The molecule has 37 heavy (non-hydrogen) atoms. The maximum absolute atomic E-state index is 12.7. The lowest BCUT2D eigenvalue weighted by Crippen LogP contribution is -2.34. The summed E-state index contributed by atoms with van der Waals surface area (Å²) < 4.78 is 0. The molecule has 0 spiro atoms. The number of amides is 2. The highest BCUT2D eigenvalue weighted by Crippen LogP contribution is 2.30. The largest absolute Gasteiger partial charge is 0.370 e. The van der Waals surface area contributed by atoms with Gasteiger partial charge in [-0.1, -0.05) is 42.5 Å². The summed E-state index contributed by atoms with van der Waals surface area (Å²) in [5.41, 5.74) is 26.0. The zero-order valence-electron chi connectivity index (χ0n) is 20.3. The van der Waals surface area contributed by atoms with E-state index in [-0.39, 0.29) is 36.8 Å². The van der Waals surface area contributed by atoms with Gasteiger partial charge in [0.05, 0.1) is 11.4 Å². The number of nitrogens with one attached hydrogen (secondary N) is 2. The maximum Gasteiger partial charge on any atom is 0.251 e. The number of hydrogen-bond acceptors (Lipinski definition) is 5. The van der Waals surface area contributed by atoms with Gasteiger partial charge in [-0.2, -0.15) is 5.10 Å². The number of hydrogen-bond donors (Lipinski definition) is 6. The van der Waals surface area contributed by atoms with E-state index in [2.05, 4.69) is 25.8 Å². The van der Waals surface area contributed by atoms with Gasteiger partial charge < -0.3 is 33.6 Å². The molecule has 0 aromatic heterocycles. The lowest BCUT2D eigenvalue weighted by Gasteiger charge is -2.10. The molecule has 0 aliphatic carbocycles. The number of nitrogens with zero attached hydrogens (tertiary/aromatic N) is 3. The second-order valence-corrected chi connectivity index (χ2v) is 7.94. The van der Waals surface area contributed by atoms with Crippen molar-refractivity contribution in [2.24, 2.45) is 38.1 Å². The third kappa shape index (κ3) is 7.65. The van der Waals surface area contributed by atoms with Gasteiger partial charge in [0.1, 0.15) is 0 Å². The van der Waals surface area contributed by atoms with Gasteiger partial charge in [0.15, 0.2) is 5.96 Å². The number of aliphatic imine (C=N–C) groups is 1. The van der Waals surface area contributed by atoms with Crippen molar-refractivity contribution in [3.63, 3.8) is 0 Å². The van der Waals surface area contributed by atoms with Gasteiger partial charge in [-0.3, -0.25) is 9.59 Å². The number of carbonyl (C=O) groups is 2. The van der Waals surface area contributed by atoms with Gasteiger partial charge >= 0.3 is 0 Å². The minimum Gasteiger partial charge on any atom is -0.370 e. The third-order valence-corrected chi connectivity index (χ3v) is 5.14. The lowest BCUT2D eigenvalue weighted by atomic mass is 10.0. The normalized spacial score (nSPS) is 10.8. The van der Waals surface area contributed by atoms with E-state index < -0.39 is 0 Å². The molecule has 3 aromatic carbocycles. The van der Waals surface area contributed by atoms with Crippen molar-refractivity contribution in [2.75, 3.05) is 13.1 Å². The Morgan fingerprint density at radius 2 is 1.30 bits per heavy atom. The van der Waals surface area contributed by atoms with E-state index in [0.29, 0.717) is 28.1 Å². The van der Waals surface area contributed by atoms with Crippen molar-refractivity contribution in [2.45, 2.75) is 6.92 Å². The van der Waals surface area contributed by atoms with Gasteiger partial charge in [-0.25, -0.2) is 4.99 Å². The lowest BCUT2D eigenvalue weighted by molar-refractivity contribution is 0.0927. The third-order valence-electron chi connectivity index (χ3n) is 5.14. The minimum absolute atomic E-state index is 0.0515. The van der Waals surface area contributed by atoms with Crippen LogP contribution in [0, 0.1) is 0 Å². The van der Waals surface area contributed by atoms with Crippen LogP contribution in [-0.2, 0) is 0 Å². The van der Waals surface area contributed by atoms with Gasteiger partial charge in [0, 0.05) is 29.8 Å². The van der Waals surface area contributed by atoms with Crippen LogP contribution in [-0.4, -0.2) is 42.5 Å². The van der Waals surface area contributed by atoms with E-state index in [1.807, 2.05) is 24.3 Å². The first-order valence-corrected chi connectivity index (χ1v) is 11.3. The first-order valence-electron chi connectivity index (χ1n) is 11.3. The van der Waals surface area contributed by atoms with Gasteiger partial charge in [0.25, 0.3) is 11.8 Å². The van der Waals surface area contributed by atoms with Crippen molar-refractivity contribution < 1.29 is 9.59 Å². The fourth-order valence-electron chi connectivity index (χ4n) is 3.41. The van der Waals surface area contributed by atoms with Gasteiger partial charge in [0.2, 0.25) is 5.96 Å². The molecule has 2 amide bonds. The van der Waals surface area contributed by atoms with Crippen molar-refractivity contribution in [1.29, 1.82) is 0 Å². The summed E-state index contributed by atoms with van der Waals surface area (Å²) in [7, 11) is 0. The number of para-hydroxylation sites is 1. The Bertz CT molecular complexity index is 1370.